The smallest absolute Gasteiger partial charge is 0.270 e. The van der Waals surface area contributed by atoms with Crippen LogP contribution in [-0.4, -0.2) is 48.1 Å². The Bertz CT molecular complexity index is 451. The Labute approximate surface area is 123 Å². The van der Waals surface area contributed by atoms with Gasteiger partial charge in [0.15, 0.2) is 0 Å². The molecule has 2 fully saturated rings. The van der Waals surface area contributed by atoms with Gasteiger partial charge in [-0.25, -0.2) is 4.98 Å². The van der Waals surface area contributed by atoms with Crippen molar-refractivity contribution >= 4 is 17.2 Å². The zero-order chi connectivity index (χ0) is 13.8. The summed E-state index contributed by atoms with van der Waals surface area (Å²) >= 11 is 1.58. The summed E-state index contributed by atoms with van der Waals surface area (Å²) in [5, 5.41) is 5.98. The van der Waals surface area contributed by atoms with E-state index < -0.39 is 0 Å². The Morgan fingerprint density at radius 3 is 2.90 bits per heavy atom. The van der Waals surface area contributed by atoms with E-state index in [1.165, 1.54) is 12.8 Å². The van der Waals surface area contributed by atoms with Crippen LogP contribution < -0.4 is 5.32 Å². The number of nitrogens with one attached hydrogen (secondary N) is 1. The summed E-state index contributed by atoms with van der Waals surface area (Å²) in [7, 11) is 0. The number of ether oxygens (including phenoxy) is 1. The predicted molar refractivity (Wildman–Crippen MR) is 77.9 cm³/mol. The van der Waals surface area contributed by atoms with Gasteiger partial charge in [0.05, 0.1) is 19.8 Å². The van der Waals surface area contributed by atoms with Gasteiger partial charge in [-0.3, -0.25) is 9.69 Å². The molecule has 1 amide bonds. The zero-order valence-electron chi connectivity index (χ0n) is 11.6. The van der Waals surface area contributed by atoms with E-state index >= 15 is 0 Å². The number of thiazole rings is 1. The average Bonchev–Trinajstić information content (AvgIpc) is 3.11. The maximum absolute atomic E-state index is 12.1. The molecule has 0 bridgehead atoms. The molecule has 0 spiro atoms. The lowest BCUT2D eigenvalue weighted by Crippen LogP contribution is -2.35. The minimum absolute atomic E-state index is 0.0126. The number of nitrogens with zero attached hydrogens (tertiary/aromatic N) is 2. The van der Waals surface area contributed by atoms with Gasteiger partial charge in [-0.15, -0.1) is 11.3 Å². The summed E-state index contributed by atoms with van der Waals surface area (Å²) in [6, 6.07) is 0.354. The molecule has 1 saturated heterocycles. The average molecular weight is 295 g/mol. The van der Waals surface area contributed by atoms with Crippen LogP contribution in [0.3, 0.4) is 0 Å². The number of morpholine rings is 1. The van der Waals surface area contributed by atoms with E-state index in [1.807, 2.05) is 5.38 Å². The third-order valence-corrected chi connectivity index (χ3v) is 4.77. The zero-order valence-corrected chi connectivity index (χ0v) is 12.5. The van der Waals surface area contributed by atoms with Crippen LogP contribution in [-0.2, 0) is 11.3 Å². The van der Waals surface area contributed by atoms with Crippen LogP contribution in [0.15, 0.2) is 5.38 Å². The summed E-state index contributed by atoms with van der Waals surface area (Å²) in [6.07, 6.45) is 4.67. The molecule has 0 aromatic carbocycles. The van der Waals surface area contributed by atoms with Crippen molar-refractivity contribution in [1.82, 2.24) is 15.2 Å². The molecule has 1 aromatic rings. The maximum atomic E-state index is 12.1. The van der Waals surface area contributed by atoms with Crippen LogP contribution >= 0.6 is 11.3 Å². The Morgan fingerprint density at radius 2 is 2.15 bits per heavy atom. The lowest BCUT2D eigenvalue weighted by atomic mass is 10.2. The second-order valence-electron chi connectivity index (χ2n) is 5.47. The molecule has 0 atom stereocenters. The molecule has 2 heterocycles. The summed E-state index contributed by atoms with van der Waals surface area (Å²) in [5.74, 6) is -0.0126. The number of rotatable bonds is 4. The Morgan fingerprint density at radius 1 is 1.40 bits per heavy atom. The number of hydrogen-bond acceptors (Lipinski definition) is 5. The molecule has 1 aliphatic heterocycles. The van der Waals surface area contributed by atoms with Crippen molar-refractivity contribution in [3.8, 4) is 0 Å². The molecule has 110 valence electrons. The number of hydrogen-bond donors (Lipinski definition) is 1. The van der Waals surface area contributed by atoms with E-state index in [0.717, 1.165) is 50.7 Å². The van der Waals surface area contributed by atoms with E-state index in [-0.39, 0.29) is 5.91 Å². The van der Waals surface area contributed by atoms with Gasteiger partial charge in [-0.05, 0) is 12.8 Å². The summed E-state index contributed by atoms with van der Waals surface area (Å²) in [6.45, 7) is 4.30. The van der Waals surface area contributed by atoms with Crippen LogP contribution in [0.1, 0.15) is 41.2 Å². The molecule has 1 aromatic heterocycles. The highest BCUT2D eigenvalue weighted by molar-refractivity contribution is 7.09. The Balaban J connectivity index is 1.53. The van der Waals surface area contributed by atoms with Gasteiger partial charge in [0, 0.05) is 24.5 Å². The molecule has 2 aliphatic rings. The quantitative estimate of drug-likeness (QED) is 0.917. The molecular formula is C14H21N3O2S. The van der Waals surface area contributed by atoms with Crippen LogP contribution in [0.5, 0.6) is 0 Å². The third kappa shape index (κ3) is 3.56. The number of amides is 1. The summed E-state index contributed by atoms with van der Waals surface area (Å²) in [4.78, 5) is 18.9. The number of carbonyl (C=O) groups excluding carboxylic acids is 1. The standard InChI is InChI=1S/C14H21N3O2S/c18-14(15-11-3-1-2-4-11)12-10-20-13(16-12)9-17-5-7-19-8-6-17/h10-11H,1-9H2,(H,15,18). The van der Waals surface area contributed by atoms with E-state index in [2.05, 4.69) is 15.2 Å². The topological polar surface area (TPSA) is 54.5 Å². The lowest BCUT2D eigenvalue weighted by Gasteiger charge is -2.25. The largest absolute Gasteiger partial charge is 0.379 e. The van der Waals surface area contributed by atoms with Crippen LogP contribution in [0.25, 0.3) is 0 Å². The van der Waals surface area contributed by atoms with Crippen LogP contribution in [0.4, 0.5) is 0 Å². The fourth-order valence-corrected chi connectivity index (χ4v) is 3.58. The first-order valence-electron chi connectivity index (χ1n) is 7.36. The van der Waals surface area contributed by atoms with Crippen molar-refractivity contribution in [2.24, 2.45) is 0 Å². The van der Waals surface area contributed by atoms with E-state index in [0.29, 0.717) is 11.7 Å². The van der Waals surface area contributed by atoms with Crippen molar-refractivity contribution in [3.05, 3.63) is 16.1 Å². The highest BCUT2D eigenvalue weighted by Gasteiger charge is 2.20. The minimum atomic E-state index is -0.0126. The molecule has 3 rings (SSSR count). The van der Waals surface area contributed by atoms with Gasteiger partial charge in [-0.1, -0.05) is 12.8 Å². The summed E-state index contributed by atoms with van der Waals surface area (Å²) in [5.41, 5.74) is 0.574. The molecular weight excluding hydrogens is 274 g/mol. The molecule has 20 heavy (non-hydrogen) atoms. The SMILES string of the molecule is O=C(NC1CCCC1)c1csc(CN2CCOCC2)n1. The molecule has 0 radical (unpaired) electrons. The predicted octanol–water partition coefficient (Wildman–Crippen LogP) is 1.65. The van der Waals surface area contributed by atoms with Crippen molar-refractivity contribution in [1.29, 1.82) is 0 Å². The highest BCUT2D eigenvalue weighted by atomic mass is 32.1. The second kappa shape index (κ2) is 6.65. The fourth-order valence-electron chi connectivity index (χ4n) is 2.77. The van der Waals surface area contributed by atoms with Crippen molar-refractivity contribution in [3.63, 3.8) is 0 Å². The first-order chi connectivity index (χ1) is 9.81. The minimum Gasteiger partial charge on any atom is -0.379 e. The molecule has 0 unspecified atom stereocenters. The third-order valence-electron chi connectivity index (χ3n) is 3.94. The van der Waals surface area contributed by atoms with Gasteiger partial charge in [0.1, 0.15) is 10.7 Å². The first-order valence-corrected chi connectivity index (χ1v) is 8.24. The maximum Gasteiger partial charge on any atom is 0.270 e. The number of aromatic nitrogens is 1. The van der Waals surface area contributed by atoms with E-state index in [9.17, 15) is 4.79 Å². The lowest BCUT2D eigenvalue weighted by molar-refractivity contribution is 0.0341. The summed E-state index contributed by atoms with van der Waals surface area (Å²) < 4.78 is 5.33. The monoisotopic (exact) mass is 295 g/mol. The van der Waals surface area contributed by atoms with Crippen molar-refractivity contribution in [2.75, 3.05) is 26.3 Å². The van der Waals surface area contributed by atoms with Crippen molar-refractivity contribution < 1.29 is 9.53 Å². The second-order valence-corrected chi connectivity index (χ2v) is 6.41. The molecule has 6 heteroatoms. The molecule has 1 aliphatic carbocycles. The van der Waals surface area contributed by atoms with Crippen molar-refractivity contribution in [2.45, 2.75) is 38.3 Å². The van der Waals surface area contributed by atoms with Crippen LogP contribution in [0.2, 0.25) is 0 Å². The molecule has 1 saturated carbocycles. The Kier molecular flexibility index (Phi) is 4.65. The van der Waals surface area contributed by atoms with Gasteiger partial charge >= 0.3 is 0 Å². The van der Waals surface area contributed by atoms with E-state index in [4.69, 9.17) is 4.74 Å². The fraction of sp³-hybridized carbons (Fsp3) is 0.714. The highest BCUT2D eigenvalue weighted by Crippen LogP contribution is 2.19. The van der Waals surface area contributed by atoms with Gasteiger partial charge in [0.2, 0.25) is 0 Å². The first kappa shape index (κ1) is 14.0. The van der Waals surface area contributed by atoms with E-state index in [1.54, 1.807) is 11.3 Å². The number of carbonyl (C=O) groups is 1. The van der Waals surface area contributed by atoms with Gasteiger partial charge in [-0.2, -0.15) is 0 Å². The molecule has 5 nitrogen and oxygen atoms in total. The molecule has 1 N–H and O–H groups in total. The Hall–Kier alpha value is -0.980. The normalized spacial score (nSPS) is 21.2. The van der Waals surface area contributed by atoms with Gasteiger partial charge < -0.3 is 10.1 Å². The van der Waals surface area contributed by atoms with Crippen LogP contribution in [0, 0.1) is 0 Å². The van der Waals surface area contributed by atoms with Gasteiger partial charge in [0.25, 0.3) is 5.91 Å².